The van der Waals surface area contributed by atoms with Gasteiger partial charge in [0, 0.05) is 24.2 Å². The largest absolute Gasteiger partial charge is 0.401 e. The van der Waals surface area contributed by atoms with Crippen molar-refractivity contribution in [2.24, 2.45) is 11.7 Å². The van der Waals surface area contributed by atoms with Gasteiger partial charge in [0.05, 0.1) is 0 Å². The Morgan fingerprint density at radius 2 is 2.56 bits per heavy atom. The SMILES string of the molecule is CC1CC(=O)NC=C1N. The van der Waals surface area contributed by atoms with E-state index >= 15 is 0 Å². The predicted molar refractivity (Wildman–Crippen MR) is 34.2 cm³/mol. The second-order valence-corrected chi connectivity index (χ2v) is 2.32. The molecule has 50 valence electrons. The van der Waals surface area contributed by atoms with Gasteiger partial charge in [-0.05, 0) is 0 Å². The van der Waals surface area contributed by atoms with Crippen LogP contribution in [-0.2, 0) is 4.79 Å². The second-order valence-electron chi connectivity index (χ2n) is 2.32. The summed E-state index contributed by atoms with van der Waals surface area (Å²) in [5.74, 6) is 0.260. The van der Waals surface area contributed by atoms with Gasteiger partial charge in [-0.15, -0.1) is 0 Å². The number of amides is 1. The van der Waals surface area contributed by atoms with E-state index in [1.807, 2.05) is 6.92 Å². The summed E-state index contributed by atoms with van der Waals surface area (Å²) in [5.41, 5.74) is 6.25. The van der Waals surface area contributed by atoms with Crippen molar-refractivity contribution in [2.45, 2.75) is 13.3 Å². The van der Waals surface area contributed by atoms with E-state index in [0.29, 0.717) is 6.42 Å². The van der Waals surface area contributed by atoms with Crippen LogP contribution in [0.1, 0.15) is 13.3 Å². The fourth-order valence-corrected chi connectivity index (χ4v) is 0.761. The van der Waals surface area contributed by atoms with Crippen molar-refractivity contribution < 1.29 is 4.79 Å². The molecule has 1 unspecified atom stereocenters. The Kier molecular flexibility index (Phi) is 1.42. The molecule has 0 saturated heterocycles. The Morgan fingerprint density at radius 3 is 3.00 bits per heavy atom. The van der Waals surface area contributed by atoms with Gasteiger partial charge < -0.3 is 11.1 Å². The molecular weight excluding hydrogens is 116 g/mol. The van der Waals surface area contributed by atoms with E-state index in [1.165, 1.54) is 0 Å². The quantitative estimate of drug-likeness (QED) is 0.478. The van der Waals surface area contributed by atoms with Crippen LogP contribution in [0.15, 0.2) is 11.9 Å². The van der Waals surface area contributed by atoms with Gasteiger partial charge >= 0.3 is 0 Å². The van der Waals surface area contributed by atoms with Crippen LogP contribution >= 0.6 is 0 Å². The van der Waals surface area contributed by atoms with Crippen molar-refractivity contribution in [3.05, 3.63) is 11.9 Å². The highest BCUT2D eigenvalue weighted by atomic mass is 16.1. The zero-order chi connectivity index (χ0) is 6.85. The number of hydrogen-bond donors (Lipinski definition) is 2. The van der Waals surface area contributed by atoms with Gasteiger partial charge in [0.1, 0.15) is 0 Å². The van der Waals surface area contributed by atoms with Crippen molar-refractivity contribution in [1.29, 1.82) is 0 Å². The number of nitrogens with two attached hydrogens (primary N) is 1. The van der Waals surface area contributed by atoms with Crippen molar-refractivity contribution in [2.75, 3.05) is 0 Å². The number of nitrogens with one attached hydrogen (secondary N) is 1. The third-order valence-electron chi connectivity index (χ3n) is 1.46. The first kappa shape index (κ1) is 6.13. The third kappa shape index (κ3) is 1.22. The average Bonchev–Trinajstić information content (AvgIpc) is 1.80. The molecule has 3 N–H and O–H groups in total. The molecule has 0 aromatic carbocycles. The van der Waals surface area contributed by atoms with Crippen molar-refractivity contribution in [3.8, 4) is 0 Å². The molecule has 1 aliphatic rings. The van der Waals surface area contributed by atoms with Crippen molar-refractivity contribution in [1.82, 2.24) is 5.32 Å². The van der Waals surface area contributed by atoms with E-state index < -0.39 is 0 Å². The number of hydrogen-bond acceptors (Lipinski definition) is 2. The molecule has 0 fully saturated rings. The van der Waals surface area contributed by atoms with Gasteiger partial charge in [0.2, 0.25) is 5.91 Å². The molecular formula is C6H10N2O. The van der Waals surface area contributed by atoms with Crippen LogP contribution in [0.5, 0.6) is 0 Å². The number of rotatable bonds is 0. The summed E-state index contributed by atoms with van der Waals surface area (Å²) in [6.45, 7) is 1.94. The summed E-state index contributed by atoms with van der Waals surface area (Å²) >= 11 is 0. The molecule has 3 nitrogen and oxygen atoms in total. The molecule has 0 radical (unpaired) electrons. The van der Waals surface area contributed by atoms with Gasteiger partial charge in [0.15, 0.2) is 0 Å². The number of carbonyl (C=O) groups is 1. The number of carbonyl (C=O) groups excluding carboxylic acids is 1. The average molecular weight is 126 g/mol. The molecule has 9 heavy (non-hydrogen) atoms. The highest BCUT2D eigenvalue weighted by molar-refractivity contribution is 5.78. The molecule has 0 aromatic rings. The van der Waals surface area contributed by atoms with Gasteiger partial charge in [-0.25, -0.2) is 0 Å². The maximum Gasteiger partial charge on any atom is 0.224 e. The van der Waals surface area contributed by atoms with E-state index in [0.717, 1.165) is 5.70 Å². The van der Waals surface area contributed by atoms with Gasteiger partial charge in [-0.2, -0.15) is 0 Å². The van der Waals surface area contributed by atoms with Crippen LogP contribution in [0, 0.1) is 5.92 Å². The molecule has 0 aromatic heterocycles. The van der Waals surface area contributed by atoms with Crippen LogP contribution in [0.3, 0.4) is 0 Å². The molecule has 1 atom stereocenters. The van der Waals surface area contributed by atoms with Crippen LogP contribution in [0.2, 0.25) is 0 Å². The number of allylic oxidation sites excluding steroid dienone is 1. The fraction of sp³-hybridized carbons (Fsp3) is 0.500. The lowest BCUT2D eigenvalue weighted by Gasteiger charge is -2.15. The summed E-state index contributed by atoms with van der Waals surface area (Å²) in [6.07, 6.45) is 2.08. The minimum atomic E-state index is 0.0525. The van der Waals surface area contributed by atoms with Crippen LogP contribution < -0.4 is 11.1 Å². The minimum absolute atomic E-state index is 0.0525. The van der Waals surface area contributed by atoms with Crippen molar-refractivity contribution >= 4 is 5.91 Å². The lowest BCUT2D eigenvalue weighted by atomic mass is 10.0. The van der Waals surface area contributed by atoms with E-state index in [4.69, 9.17) is 5.73 Å². The summed E-state index contributed by atoms with van der Waals surface area (Å²) in [4.78, 5) is 10.6. The Bertz CT molecular complexity index is 162. The molecule has 1 heterocycles. The molecule has 0 aliphatic carbocycles. The monoisotopic (exact) mass is 126 g/mol. The van der Waals surface area contributed by atoms with Crippen LogP contribution in [0.25, 0.3) is 0 Å². The molecule has 1 amide bonds. The highest BCUT2D eigenvalue weighted by Crippen LogP contribution is 2.11. The Labute approximate surface area is 53.9 Å². The normalized spacial score (nSPS) is 27.0. The van der Waals surface area contributed by atoms with Gasteiger partial charge in [-0.3, -0.25) is 4.79 Å². The topological polar surface area (TPSA) is 55.1 Å². The van der Waals surface area contributed by atoms with E-state index in [1.54, 1.807) is 6.20 Å². The standard InChI is InChI=1S/C6H10N2O/c1-4-2-6(9)8-3-5(4)7/h3-4H,2,7H2,1H3,(H,8,9). The second kappa shape index (κ2) is 2.09. The summed E-state index contributed by atoms with van der Waals surface area (Å²) in [5, 5.41) is 2.54. The van der Waals surface area contributed by atoms with Crippen molar-refractivity contribution in [3.63, 3.8) is 0 Å². The van der Waals surface area contributed by atoms with E-state index in [2.05, 4.69) is 5.32 Å². The van der Waals surface area contributed by atoms with Crippen LogP contribution in [0.4, 0.5) is 0 Å². The molecule has 1 rings (SSSR count). The molecule has 1 aliphatic heterocycles. The minimum Gasteiger partial charge on any atom is -0.401 e. The molecule has 0 bridgehead atoms. The van der Waals surface area contributed by atoms with Gasteiger partial charge in [0.25, 0.3) is 0 Å². The lowest BCUT2D eigenvalue weighted by Crippen LogP contribution is -2.29. The lowest BCUT2D eigenvalue weighted by molar-refractivity contribution is -0.121. The molecule has 0 spiro atoms. The molecule has 0 saturated carbocycles. The first-order valence-corrected chi connectivity index (χ1v) is 2.95. The zero-order valence-electron chi connectivity index (χ0n) is 5.35. The summed E-state index contributed by atoms with van der Waals surface area (Å²) in [6, 6.07) is 0. The first-order chi connectivity index (χ1) is 4.20. The van der Waals surface area contributed by atoms with Crippen LogP contribution in [-0.4, -0.2) is 5.91 Å². The highest BCUT2D eigenvalue weighted by Gasteiger charge is 2.14. The van der Waals surface area contributed by atoms with E-state index in [-0.39, 0.29) is 11.8 Å². The fourth-order valence-electron chi connectivity index (χ4n) is 0.761. The zero-order valence-corrected chi connectivity index (χ0v) is 5.35. The smallest absolute Gasteiger partial charge is 0.224 e. The Hall–Kier alpha value is -0.990. The van der Waals surface area contributed by atoms with Gasteiger partial charge in [-0.1, -0.05) is 6.92 Å². The Balaban J connectivity index is 2.67. The Morgan fingerprint density at radius 1 is 1.89 bits per heavy atom. The summed E-state index contributed by atoms with van der Waals surface area (Å²) < 4.78 is 0. The van der Waals surface area contributed by atoms with E-state index in [9.17, 15) is 4.79 Å². The summed E-state index contributed by atoms with van der Waals surface area (Å²) in [7, 11) is 0. The molecule has 3 heteroatoms. The predicted octanol–water partition coefficient (Wildman–Crippen LogP) is -0.0575. The maximum absolute atomic E-state index is 10.6. The first-order valence-electron chi connectivity index (χ1n) is 2.95. The third-order valence-corrected chi connectivity index (χ3v) is 1.46. The maximum atomic E-state index is 10.6.